The molecule has 9 aromatic carbocycles. The minimum absolute atomic E-state index is 0.634. The van der Waals surface area contributed by atoms with Gasteiger partial charge in [0.25, 0.3) is 0 Å². The molecular weight excluding hydrogens is 822 g/mol. The molecule has 3 nitrogen and oxygen atoms in total. The quantitative estimate of drug-likeness (QED) is 0.129. The maximum Gasteiger partial charge on any atom is 0.0618 e. The highest BCUT2D eigenvalue weighted by molar-refractivity contribution is 6.31. The van der Waals surface area contributed by atoms with Crippen LogP contribution in [0.3, 0.4) is 0 Å². The molecule has 0 fully saturated rings. The average molecular weight is 863 g/mol. The van der Waals surface area contributed by atoms with Crippen molar-refractivity contribution in [2.24, 2.45) is 0 Å². The van der Waals surface area contributed by atoms with E-state index in [2.05, 4.69) is 209 Å². The van der Waals surface area contributed by atoms with Gasteiger partial charge in [-0.1, -0.05) is 199 Å². The first kappa shape index (κ1) is 40.4. The van der Waals surface area contributed by atoms with Gasteiger partial charge in [0.05, 0.1) is 11.4 Å². The lowest BCUT2D eigenvalue weighted by Gasteiger charge is -2.34. The van der Waals surface area contributed by atoms with E-state index in [0.29, 0.717) is 10.0 Å². The topological polar surface area (TPSA) is 19.4 Å². The lowest BCUT2D eigenvalue weighted by Crippen LogP contribution is -2.16. The fourth-order valence-electron chi connectivity index (χ4n) is 8.57. The number of hydrogen-bond donors (Lipinski definition) is 0. The van der Waals surface area contributed by atoms with Crippen molar-refractivity contribution < 1.29 is 0 Å². The lowest BCUT2D eigenvalue weighted by molar-refractivity contribution is 1.25. The third-order valence-corrected chi connectivity index (χ3v) is 11.9. The fraction of sp³-hybridized carbons (Fsp3) is 0. The maximum atomic E-state index is 6.96. The van der Waals surface area contributed by atoms with E-state index in [0.717, 1.165) is 89.8 Å². The standard InChI is InChI=1S/C59H41Cl2N3/c60-48-27-13-29-50(38-48)63(58-54(42-18-5-1-6-19-42)31-15-32-55(58)43-20-7-2-8-21-43)52-36-47(46-26-17-35-62-41-46)37-53(40-52)64(51-30-14-28-49(61)39-51)59-56(44-22-9-3-10-23-44)33-16-34-57(59)45-24-11-4-12-25-45/h1-41H. The van der Waals surface area contributed by atoms with Gasteiger partial charge < -0.3 is 9.80 Å². The molecule has 0 bridgehead atoms. The predicted octanol–water partition coefficient (Wildman–Crippen LogP) is 17.7. The zero-order valence-electron chi connectivity index (χ0n) is 34.8. The van der Waals surface area contributed by atoms with Gasteiger partial charge in [0.1, 0.15) is 0 Å². The Labute approximate surface area is 384 Å². The summed E-state index contributed by atoms with van der Waals surface area (Å²) < 4.78 is 0. The molecule has 0 aliphatic carbocycles. The van der Waals surface area contributed by atoms with Crippen molar-refractivity contribution in [2.75, 3.05) is 9.80 Å². The van der Waals surface area contributed by atoms with Crippen LogP contribution in [-0.2, 0) is 0 Å². The number of rotatable bonds is 11. The van der Waals surface area contributed by atoms with Crippen molar-refractivity contribution in [3.8, 4) is 55.6 Å². The minimum Gasteiger partial charge on any atom is -0.309 e. The molecule has 0 N–H and O–H groups in total. The van der Waals surface area contributed by atoms with Crippen molar-refractivity contribution in [1.29, 1.82) is 0 Å². The number of benzene rings is 9. The molecule has 0 aliphatic rings. The molecule has 0 spiro atoms. The van der Waals surface area contributed by atoms with Gasteiger partial charge in [-0.3, -0.25) is 4.98 Å². The molecule has 0 aliphatic heterocycles. The van der Waals surface area contributed by atoms with Crippen LogP contribution in [0.1, 0.15) is 0 Å². The van der Waals surface area contributed by atoms with E-state index in [4.69, 9.17) is 23.2 Å². The molecule has 1 heterocycles. The highest BCUT2D eigenvalue weighted by atomic mass is 35.5. The molecule has 0 radical (unpaired) electrons. The van der Waals surface area contributed by atoms with Crippen molar-refractivity contribution in [3.63, 3.8) is 0 Å². The first-order chi connectivity index (χ1) is 31.6. The first-order valence-electron chi connectivity index (χ1n) is 21.2. The van der Waals surface area contributed by atoms with Crippen LogP contribution >= 0.6 is 23.2 Å². The van der Waals surface area contributed by atoms with Crippen molar-refractivity contribution in [3.05, 3.63) is 259 Å². The Hall–Kier alpha value is -7.69. The van der Waals surface area contributed by atoms with Gasteiger partial charge in [-0.2, -0.15) is 0 Å². The van der Waals surface area contributed by atoms with Crippen LogP contribution in [-0.4, -0.2) is 4.98 Å². The Balaban J connectivity index is 1.34. The third-order valence-electron chi connectivity index (χ3n) is 11.4. The second-order valence-electron chi connectivity index (χ2n) is 15.5. The highest BCUT2D eigenvalue weighted by Crippen LogP contribution is 2.52. The van der Waals surface area contributed by atoms with E-state index in [1.165, 1.54) is 0 Å². The van der Waals surface area contributed by atoms with Crippen LogP contribution in [0.5, 0.6) is 0 Å². The molecule has 0 atom stereocenters. The summed E-state index contributed by atoms with van der Waals surface area (Å²) in [5, 5.41) is 1.27. The van der Waals surface area contributed by atoms with E-state index in [9.17, 15) is 0 Å². The van der Waals surface area contributed by atoms with Crippen LogP contribution in [0.4, 0.5) is 34.1 Å². The Kier molecular flexibility index (Phi) is 11.6. The summed E-state index contributed by atoms with van der Waals surface area (Å²) in [7, 11) is 0. The third kappa shape index (κ3) is 8.31. The smallest absolute Gasteiger partial charge is 0.0618 e. The largest absolute Gasteiger partial charge is 0.309 e. The van der Waals surface area contributed by atoms with E-state index in [-0.39, 0.29) is 0 Å². The summed E-state index contributed by atoms with van der Waals surface area (Å²) in [5.41, 5.74) is 16.3. The first-order valence-corrected chi connectivity index (χ1v) is 22.0. The van der Waals surface area contributed by atoms with Gasteiger partial charge in [-0.25, -0.2) is 0 Å². The maximum absolute atomic E-state index is 6.96. The number of halogens is 2. The van der Waals surface area contributed by atoms with Crippen LogP contribution in [0.25, 0.3) is 55.6 Å². The predicted molar refractivity (Wildman–Crippen MR) is 271 cm³/mol. The summed E-state index contributed by atoms with van der Waals surface area (Å²) in [5.74, 6) is 0. The molecule has 0 amide bonds. The summed E-state index contributed by atoms with van der Waals surface area (Å²) in [4.78, 5) is 9.34. The number of para-hydroxylation sites is 2. The Bertz CT molecular complexity index is 2870. The van der Waals surface area contributed by atoms with Gasteiger partial charge in [0.15, 0.2) is 0 Å². The van der Waals surface area contributed by atoms with Crippen LogP contribution in [0, 0.1) is 0 Å². The molecule has 5 heteroatoms. The molecule has 1 aromatic heterocycles. The summed E-state index contributed by atoms with van der Waals surface area (Å²) in [6.07, 6.45) is 3.74. The normalized spacial score (nSPS) is 11.0. The lowest BCUT2D eigenvalue weighted by atomic mass is 9.93. The van der Waals surface area contributed by atoms with Crippen molar-refractivity contribution >= 4 is 57.3 Å². The molecule has 306 valence electrons. The Morgan fingerprint density at radius 2 is 0.641 bits per heavy atom. The molecule has 0 saturated heterocycles. The van der Waals surface area contributed by atoms with Gasteiger partial charge >= 0.3 is 0 Å². The van der Waals surface area contributed by atoms with Crippen LogP contribution in [0.15, 0.2) is 249 Å². The second kappa shape index (κ2) is 18.3. The summed E-state index contributed by atoms with van der Waals surface area (Å²) in [6, 6.07) is 82.7. The summed E-state index contributed by atoms with van der Waals surface area (Å²) >= 11 is 13.9. The monoisotopic (exact) mass is 861 g/mol. The van der Waals surface area contributed by atoms with Gasteiger partial charge in [0, 0.05) is 73.0 Å². The number of nitrogens with zero attached hydrogens (tertiary/aromatic N) is 3. The Morgan fingerprint density at radius 1 is 0.281 bits per heavy atom. The van der Waals surface area contributed by atoms with Crippen molar-refractivity contribution in [1.82, 2.24) is 4.98 Å². The average Bonchev–Trinajstić information content (AvgIpc) is 3.36. The molecule has 64 heavy (non-hydrogen) atoms. The number of aromatic nitrogens is 1. The van der Waals surface area contributed by atoms with Crippen molar-refractivity contribution in [2.45, 2.75) is 0 Å². The number of hydrogen-bond acceptors (Lipinski definition) is 3. The molecule has 0 saturated carbocycles. The van der Waals surface area contributed by atoms with Gasteiger partial charge in [-0.05, 0) is 88.5 Å². The molecular formula is C59H41Cl2N3. The number of pyridine rings is 1. The Morgan fingerprint density at radius 3 is 0.984 bits per heavy atom. The van der Waals surface area contributed by atoms with Crippen LogP contribution < -0.4 is 9.80 Å². The van der Waals surface area contributed by atoms with Gasteiger partial charge in [0.2, 0.25) is 0 Å². The fourth-order valence-corrected chi connectivity index (χ4v) is 8.94. The van der Waals surface area contributed by atoms with E-state index in [1.54, 1.807) is 0 Å². The SMILES string of the molecule is Clc1cccc(N(c2cc(-c3cccnc3)cc(N(c3cccc(Cl)c3)c3c(-c4ccccc4)cccc3-c3ccccc3)c2)c2c(-c3ccccc3)cccc2-c2ccccc2)c1. The molecule has 10 rings (SSSR count). The second-order valence-corrected chi connectivity index (χ2v) is 16.4. The zero-order chi connectivity index (χ0) is 43.2. The summed E-state index contributed by atoms with van der Waals surface area (Å²) in [6.45, 7) is 0. The van der Waals surface area contributed by atoms with Gasteiger partial charge in [-0.15, -0.1) is 0 Å². The van der Waals surface area contributed by atoms with E-state index < -0.39 is 0 Å². The van der Waals surface area contributed by atoms with Crippen LogP contribution in [0.2, 0.25) is 10.0 Å². The van der Waals surface area contributed by atoms with E-state index >= 15 is 0 Å². The molecule has 0 unspecified atom stereocenters. The highest BCUT2D eigenvalue weighted by Gasteiger charge is 2.27. The minimum atomic E-state index is 0.634. The zero-order valence-corrected chi connectivity index (χ0v) is 36.3. The molecule has 10 aromatic rings. The number of anilines is 6. The van der Waals surface area contributed by atoms with E-state index in [1.807, 2.05) is 54.9 Å².